The van der Waals surface area contributed by atoms with Gasteiger partial charge in [-0.15, -0.1) is 23.1 Å². The minimum Gasteiger partial charge on any atom is -0.444 e. The van der Waals surface area contributed by atoms with Crippen LogP contribution in [-0.2, 0) is 33.6 Å². The Bertz CT molecular complexity index is 1250. The van der Waals surface area contributed by atoms with Crippen molar-refractivity contribution in [2.45, 2.75) is 87.5 Å². The van der Waals surface area contributed by atoms with E-state index in [1.54, 1.807) is 29.3 Å². The lowest BCUT2D eigenvalue weighted by atomic mass is 9.94. The van der Waals surface area contributed by atoms with Crippen LogP contribution in [0.4, 0.5) is 0 Å². The van der Waals surface area contributed by atoms with Crippen LogP contribution in [-0.4, -0.2) is 21.7 Å². The Labute approximate surface area is 227 Å². The van der Waals surface area contributed by atoms with Gasteiger partial charge >= 0.3 is 0 Å². The molecule has 0 saturated carbocycles. The van der Waals surface area contributed by atoms with Crippen LogP contribution < -0.4 is 5.32 Å². The molecule has 1 aromatic carbocycles. The van der Waals surface area contributed by atoms with Gasteiger partial charge in [0.05, 0.1) is 28.8 Å². The number of rotatable bonds is 13. The van der Waals surface area contributed by atoms with Gasteiger partial charge in [0.2, 0.25) is 11.8 Å². The summed E-state index contributed by atoms with van der Waals surface area (Å²) >= 11 is 3.20. The topological polar surface area (TPSA) is 85.1 Å². The molecule has 0 bridgehead atoms. The maximum Gasteiger partial charge on any atom is 0.224 e. The Kier molecular flexibility index (Phi) is 9.38. The van der Waals surface area contributed by atoms with Crippen molar-refractivity contribution in [1.82, 2.24) is 15.3 Å². The molecule has 1 amide bonds. The molecule has 0 radical (unpaired) electrons. The number of thiazole rings is 1. The molecule has 0 unspecified atom stereocenters. The van der Waals surface area contributed by atoms with Crippen LogP contribution in [0, 0.1) is 0 Å². The highest BCUT2D eigenvalue weighted by Gasteiger charge is 2.19. The SMILES string of the molecule is CC(C)(C)c1cnc(CSc2cnc(CC(=O)CCCCCCC(=O)NC3=CCc4ccccc43)s2)o1. The Hall–Kier alpha value is -2.71. The average Bonchev–Trinajstić information content (AvgIpc) is 3.60. The van der Waals surface area contributed by atoms with E-state index < -0.39 is 0 Å². The Balaban J connectivity index is 1.07. The second-order valence-electron chi connectivity index (χ2n) is 10.4. The molecular weight excluding hydrogens is 502 g/mol. The first-order chi connectivity index (χ1) is 17.8. The maximum atomic E-state index is 12.4. The number of hydrogen-bond donors (Lipinski definition) is 1. The van der Waals surface area contributed by atoms with Gasteiger partial charge in [-0.2, -0.15) is 0 Å². The van der Waals surface area contributed by atoms with E-state index in [-0.39, 0.29) is 17.1 Å². The normalized spacial score (nSPS) is 12.9. The number of Topliss-reactive ketones (excluding diaryl/α,β-unsaturated/α-hetero) is 1. The van der Waals surface area contributed by atoms with Crippen molar-refractivity contribution >= 4 is 40.5 Å². The average molecular weight is 538 g/mol. The highest BCUT2D eigenvalue weighted by molar-refractivity contribution is 8.00. The number of aromatic nitrogens is 2. The third-order valence-electron chi connectivity index (χ3n) is 6.23. The predicted molar refractivity (Wildman–Crippen MR) is 150 cm³/mol. The van der Waals surface area contributed by atoms with Crippen molar-refractivity contribution in [2.75, 3.05) is 0 Å². The zero-order valence-corrected chi connectivity index (χ0v) is 23.5. The maximum absolute atomic E-state index is 12.4. The summed E-state index contributed by atoms with van der Waals surface area (Å²) in [5.41, 5.74) is 3.27. The molecule has 0 spiro atoms. The van der Waals surface area contributed by atoms with E-state index in [9.17, 15) is 9.59 Å². The monoisotopic (exact) mass is 537 g/mol. The Morgan fingerprint density at radius 3 is 2.62 bits per heavy atom. The minimum absolute atomic E-state index is 0.0525. The van der Waals surface area contributed by atoms with Crippen LogP contribution in [0.25, 0.3) is 5.70 Å². The first-order valence-electron chi connectivity index (χ1n) is 12.9. The summed E-state index contributed by atoms with van der Waals surface area (Å²) in [4.78, 5) is 33.5. The van der Waals surface area contributed by atoms with Crippen molar-refractivity contribution in [3.05, 3.63) is 70.5 Å². The molecule has 8 heteroatoms. The zero-order valence-electron chi connectivity index (χ0n) is 21.8. The summed E-state index contributed by atoms with van der Waals surface area (Å²) < 4.78 is 6.91. The van der Waals surface area contributed by atoms with Crippen LogP contribution >= 0.6 is 23.1 Å². The fourth-order valence-electron chi connectivity index (χ4n) is 4.13. The van der Waals surface area contributed by atoms with Crippen LogP contribution in [0.1, 0.15) is 87.1 Å². The zero-order chi connectivity index (χ0) is 26.3. The Morgan fingerprint density at radius 2 is 1.84 bits per heavy atom. The first kappa shape index (κ1) is 27.3. The molecule has 0 fully saturated rings. The first-order valence-corrected chi connectivity index (χ1v) is 14.7. The summed E-state index contributed by atoms with van der Waals surface area (Å²) in [6.07, 6.45) is 11.6. The number of ketones is 1. The molecule has 0 saturated heterocycles. The second-order valence-corrected chi connectivity index (χ2v) is 12.8. The van der Waals surface area contributed by atoms with E-state index in [1.807, 2.05) is 18.3 Å². The number of allylic oxidation sites excluding steroid dienone is 1. The molecule has 1 aliphatic carbocycles. The van der Waals surface area contributed by atoms with Crippen LogP contribution in [0.3, 0.4) is 0 Å². The lowest BCUT2D eigenvalue weighted by molar-refractivity contribution is -0.120. The Morgan fingerprint density at radius 1 is 1.05 bits per heavy atom. The molecule has 37 heavy (non-hydrogen) atoms. The van der Waals surface area contributed by atoms with Gasteiger partial charge in [-0.3, -0.25) is 9.59 Å². The summed E-state index contributed by atoms with van der Waals surface area (Å²) in [6.45, 7) is 6.31. The van der Waals surface area contributed by atoms with Crippen molar-refractivity contribution in [2.24, 2.45) is 0 Å². The van der Waals surface area contributed by atoms with Crippen molar-refractivity contribution in [1.29, 1.82) is 0 Å². The molecule has 1 aliphatic rings. The van der Waals surface area contributed by atoms with Gasteiger partial charge in [0.1, 0.15) is 16.6 Å². The predicted octanol–water partition coefficient (Wildman–Crippen LogP) is 6.89. The molecule has 0 atom stereocenters. The highest BCUT2D eigenvalue weighted by atomic mass is 32.2. The molecule has 3 aromatic rings. The van der Waals surface area contributed by atoms with Gasteiger partial charge in [0.25, 0.3) is 0 Å². The number of nitrogens with one attached hydrogen (secondary N) is 1. The third-order valence-corrected chi connectivity index (χ3v) is 8.41. The summed E-state index contributed by atoms with van der Waals surface area (Å²) in [6, 6.07) is 8.18. The van der Waals surface area contributed by atoms with Gasteiger partial charge in [-0.25, -0.2) is 9.97 Å². The quantitative estimate of drug-likeness (QED) is 0.189. The minimum atomic E-state index is -0.0525. The lowest BCUT2D eigenvalue weighted by Crippen LogP contribution is -2.20. The summed E-state index contributed by atoms with van der Waals surface area (Å²) in [7, 11) is 0. The van der Waals surface area contributed by atoms with Crippen LogP contribution in [0.5, 0.6) is 0 Å². The highest BCUT2D eigenvalue weighted by Crippen LogP contribution is 2.30. The van der Waals surface area contributed by atoms with E-state index in [2.05, 4.69) is 54.3 Å². The van der Waals surface area contributed by atoms with E-state index >= 15 is 0 Å². The van der Waals surface area contributed by atoms with Gasteiger partial charge in [-0.1, -0.05) is 64.0 Å². The summed E-state index contributed by atoms with van der Waals surface area (Å²) in [5, 5.41) is 3.91. The molecule has 2 heterocycles. The second kappa shape index (κ2) is 12.7. The lowest BCUT2D eigenvalue weighted by Gasteiger charge is -2.12. The number of nitrogens with zero attached hydrogens (tertiary/aromatic N) is 2. The molecule has 2 aromatic heterocycles. The number of fused-ring (bicyclic) bond motifs is 1. The number of hydrogen-bond acceptors (Lipinski definition) is 7. The van der Waals surface area contributed by atoms with Crippen molar-refractivity contribution in [3.63, 3.8) is 0 Å². The van der Waals surface area contributed by atoms with Gasteiger partial charge < -0.3 is 9.73 Å². The summed E-state index contributed by atoms with van der Waals surface area (Å²) in [5.74, 6) is 2.52. The van der Waals surface area contributed by atoms with Gasteiger partial charge in [-0.05, 0) is 24.8 Å². The van der Waals surface area contributed by atoms with E-state index in [4.69, 9.17) is 4.42 Å². The molecule has 4 rings (SSSR count). The molecule has 6 nitrogen and oxygen atoms in total. The smallest absolute Gasteiger partial charge is 0.224 e. The number of amides is 1. The number of carbonyl (C=O) groups is 2. The number of carbonyl (C=O) groups excluding carboxylic acids is 2. The molecule has 0 aliphatic heterocycles. The van der Waals surface area contributed by atoms with E-state index in [1.165, 1.54) is 5.56 Å². The van der Waals surface area contributed by atoms with Crippen molar-refractivity contribution in [3.8, 4) is 0 Å². The van der Waals surface area contributed by atoms with Crippen molar-refractivity contribution < 1.29 is 14.0 Å². The van der Waals surface area contributed by atoms with Crippen LogP contribution in [0.2, 0.25) is 0 Å². The number of unbranched alkanes of at least 4 members (excludes halogenated alkanes) is 3. The van der Waals surface area contributed by atoms with E-state index in [0.29, 0.717) is 30.9 Å². The van der Waals surface area contributed by atoms with Gasteiger partial charge in [0.15, 0.2) is 0 Å². The molecule has 1 N–H and O–H groups in total. The fraction of sp³-hybridized carbons (Fsp3) is 0.448. The van der Waals surface area contributed by atoms with E-state index in [0.717, 1.165) is 58.3 Å². The van der Waals surface area contributed by atoms with Gasteiger partial charge in [0, 0.05) is 29.5 Å². The standard InChI is InChI=1S/C29H35N3O3S2/c1-29(2,3)24-17-30-26(35-24)19-36-28-18-31-27(37-28)16-21(33)11-6-4-5-7-13-25(34)32-23-15-14-20-10-8-9-12-22(20)23/h8-10,12,15,17-18H,4-7,11,13-14,16,19H2,1-3H3,(H,32,34). The number of benzene rings is 1. The van der Waals surface area contributed by atoms with Crippen LogP contribution in [0.15, 0.2) is 51.4 Å². The fourth-order valence-corrected chi connectivity index (χ4v) is 6.03. The number of thioether (sulfide) groups is 1. The third kappa shape index (κ3) is 8.14. The molecular formula is C29H35N3O3S2. The molecule has 196 valence electrons. The largest absolute Gasteiger partial charge is 0.444 e. The number of oxazole rings is 1.